The van der Waals surface area contributed by atoms with Gasteiger partial charge in [0.25, 0.3) is 0 Å². The van der Waals surface area contributed by atoms with Gasteiger partial charge in [-0.1, -0.05) is 42.0 Å². The molecule has 0 radical (unpaired) electrons. The summed E-state index contributed by atoms with van der Waals surface area (Å²) in [5.74, 6) is 0.798. The van der Waals surface area contributed by atoms with Crippen molar-refractivity contribution in [3.05, 3.63) is 47.5 Å². The summed E-state index contributed by atoms with van der Waals surface area (Å²) in [6.45, 7) is 2.02. The first-order valence-electron chi connectivity index (χ1n) is 9.21. The molecule has 1 aromatic carbocycles. The van der Waals surface area contributed by atoms with E-state index in [1.165, 1.54) is 25.7 Å². The van der Waals surface area contributed by atoms with Crippen molar-refractivity contribution in [2.24, 2.45) is 4.99 Å². The number of amides is 1. The maximum absolute atomic E-state index is 11.9. The highest BCUT2D eigenvalue weighted by atomic mass is 16.1. The topological polar surface area (TPSA) is 65.5 Å². The van der Waals surface area contributed by atoms with Gasteiger partial charge >= 0.3 is 0 Å². The van der Waals surface area contributed by atoms with Gasteiger partial charge in [-0.25, -0.2) is 0 Å². The van der Waals surface area contributed by atoms with Gasteiger partial charge in [-0.2, -0.15) is 0 Å². The van der Waals surface area contributed by atoms with Crippen molar-refractivity contribution in [1.29, 1.82) is 0 Å². The summed E-state index contributed by atoms with van der Waals surface area (Å²) >= 11 is 0. The molecule has 0 fully saturated rings. The van der Waals surface area contributed by atoms with Crippen molar-refractivity contribution in [3.8, 4) is 0 Å². The van der Waals surface area contributed by atoms with E-state index in [-0.39, 0.29) is 5.91 Å². The smallest absolute Gasteiger partial charge is 0.222 e. The van der Waals surface area contributed by atoms with Crippen LogP contribution in [-0.2, 0) is 11.3 Å². The summed E-state index contributed by atoms with van der Waals surface area (Å²) in [6, 6.07) is 9.93. The highest BCUT2D eigenvalue weighted by molar-refractivity contribution is 5.81. The number of aliphatic imine (C=N–C) groups is 1. The number of carbonyl (C=O) groups excluding carboxylic acids is 1. The van der Waals surface area contributed by atoms with Gasteiger partial charge in [0.2, 0.25) is 5.91 Å². The van der Waals surface area contributed by atoms with Crippen LogP contribution in [0.5, 0.6) is 0 Å². The van der Waals surface area contributed by atoms with Crippen LogP contribution < -0.4 is 16.0 Å². The molecule has 0 bridgehead atoms. The third-order valence-corrected chi connectivity index (χ3v) is 4.32. The van der Waals surface area contributed by atoms with Gasteiger partial charge in [-0.15, -0.1) is 0 Å². The second kappa shape index (κ2) is 11.3. The van der Waals surface area contributed by atoms with Crippen LogP contribution in [0.4, 0.5) is 0 Å². The number of guanidine groups is 1. The van der Waals surface area contributed by atoms with E-state index in [1.54, 1.807) is 12.6 Å². The number of carbonyl (C=O) groups is 1. The minimum atomic E-state index is 0.0409. The molecule has 1 aliphatic rings. The molecule has 1 aliphatic carbocycles. The lowest BCUT2D eigenvalue weighted by Crippen LogP contribution is -2.39. The zero-order chi connectivity index (χ0) is 17.7. The Kier molecular flexibility index (Phi) is 8.59. The molecule has 1 amide bonds. The highest BCUT2D eigenvalue weighted by Crippen LogP contribution is 2.19. The van der Waals surface area contributed by atoms with E-state index < -0.39 is 0 Å². The molecule has 0 atom stereocenters. The lowest BCUT2D eigenvalue weighted by molar-refractivity contribution is -0.121. The Morgan fingerprint density at radius 3 is 2.60 bits per heavy atom. The van der Waals surface area contributed by atoms with Crippen LogP contribution in [-0.4, -0.2) is 32.0 Å². The van der Waals surface area contributed by atoms with Crippen molar-refractivity contribution in [3.63, 3.8) is 0 Å². The van der Waals surface area contributed by atoms with Gasteiger partial charge < -0.3 is 16.0 Å². The van der Waals surface area contributed by atoms with Crippen molar-refractivity contribution in [1.82, 2.24) is 16.0 Å². The van der Waals surface area contributed by atoms with Crippen molar-refractivity contribution in [2.45, 2.75) is 45.1 Å². The Hall–Kier alpha value is -2.30. The predicted molar refractivity (Wildman–Crippen MR) is 103 cm³/mol. The number of nitrogens with zero attached hydrogens (tertiary/aromatic N) is 1. The normalized spacial score (nSPS) is 14.6. The average molecular weight is 342 g/mol. The molecule has 25 heavy (non-hydrogen) atoms. The first kappa shape index (κ1) is 19.0. The Morgan fingerprint density at radius 1 is 1.08 bits per heavy atom. The van der Waals surface area contributed by atoms with E-state index in [4.69, 9.17) is 0 Å². The summed E-state index contributed by atoms with van der Waals surface area (Å²) in [5, 5.41) is 9.44. The van der Waals surface area contributed by atoms with Crippen LogP contribution >= 0.6 is 0 Å². The lowest BCUT2D eigenvalue weighted by atomic mass is 9.97. The quantitative estimate of drug-likeness (QED) is 0.387. The summed E-state index contributed by atoms with van der Waals surface area (Å²) in [5.41, 5.74) is 2.66. The van der Waals surface area contributed by atoms with E-state index >= 15 is 0 Å². The van der Waals surface area contributed by atoms with Crippen molar-refractivity contribution in [2.75, 3.05) is 20.1 Å². The Balaban J connectivity index is 1.57. The molecular weight excluding hydrogens is 312 g/mol. The SMILES string of the molecule is CN=C(NCCC(=O)NCc1ccccc1)NCCC1=CCCCC1. The monoisotopic (exact) mass is 342 g/mol. The van der Waals surface area contributed by atoms with E-state index in [9.17, 15) is 4.79 Å². The van der Waals surface area contributed by atoms with Gasteiger partial charge in [-0.05, 0) is 37.7 Å². The van der Waals surface area contributed by atoms with E-state index in [0.717, 1.165) is 24.5 Å². The first-order chi connectivity index (χ1) is 12.3. The van der Waals surface area contributed by atoms with E-state index in [0.29, 0.717) is 19.5 Å². The summed E-state index contributed by atoms with van der Waals surface area (Å²) in [7, 11) is 1.75. The largest absolute Gasteiger partial charge is 0.356 e. The number of benzene rings is 1. The third-order valence-electron chi connectivity index (χ3n) is 4.32. The fourth-order valence-electron chi connectivity index (χ4n) is 2.87. The summed E-state index contributed by atoms with van der Waals surface area (Å²) in [4.78, 5) is 16.1. The molecule has 3 N–H and O–H groups in total. The summed E-state index contributed by atoms with van der Waals surface area (Å²) < 4.78 is 0. The molecular formula is C20H30N4O. The Bertz CT molecular complexity index is 581. The zero-order valence-electron chi connectivity index (χ0n) is 15.2. The van der Waals surface area contributed by atoms with Crippen LogP contribution in [0.15, 0.2) is 47.0 Å². The minimum absolute atomic E-state index is 0.0409. The van der Waals surface area contributed by atoms with Gasteiger partial charge in [0, 0.05) is 33.1 Å². The molecule has 0 aromatic heterocycles. The van der Waals surface area contributed by atoms with Crippen LogP contribution in [0.1, 0.15) is 44.1 Å². The third kappa shape index (κ3) is 7.88. The maximum atomic E-state index is 11.9. The molecule has 0 unspecified atom stereocenters. The van der Waals surface area contributed by atoms with E-state index in [2.05, 4.69) is 27.0 Å². The second-order valence-electron chi connectivity index (χ2n) is 6.30. The highest BCUT2D eigenvalue weighted by Gasteiger charge is 2.05. The second-order valence-corrected chi connectivity index (χ2v) is 6.30. The molecule has 5 nitrogen and oxygen atoms in total. The number of hydrogen-bond donors (Lipinski definition) is 3. The Morgan fingerprint density at radius 2 is 1.88 bits per heavy atom. The number of nitrogens with one attached hydrogen (secondary N) is 3. The van der Waals surface area contributed by atoms with Crippen LogP contribution in [0.3, 0.4) is 0 Å². The van der Waals surface area contributed by atoms with Gasteiger partial charge in [-0.3, -0.25) is 9.79 Å². The molecule has 136 valence electrons. The number of rotatable bonds is 8. The lowest BCUT2D eigenvalue weighted by Gasteiger charge is -2.15. The molecule has 0 heterocycles. The first-order valence-corrected chi connectivity index (χ1v) is 9.21. The zero-order valence-corrected chi connectivity index (χ0v) is 15.2. The molecule has 2 rings (SSSR count). The molecule has 1 aromatic rings. The van der Waals surface area contributed by atoms with Gasteiger partial charge in [0.05, 0.1) is 0 Å². The Labute approximate surface area is 151 Å². The van der Waals surface area contributed by atoms with Gasteiger partial charge in [0.15, 0.2) is 5.96 Å². The van der Waals surface area contributed by atoms with Gasteiger partial charge in [0.1, 0.15) is 0 Å². The standard InChI is InChI=1S/C20H30N4O/c1-21-20(22-14-12-17-8-4-2-5-9-17)23-15-13-19(25)24-16-18-10-6-3-7-11-18/h3,6-8,10-11H,2,4-5,9,12-16H2,1H3,(H,24,25)(H2,21,22,23). The molecule has 0 spiro atoms. The fourth-order valence-corrected chi connectivity index (χ4v) is 2.87. The van der Waals surface area contributed by atoms with Crippen LogP contribution in [0.25, 0.3) is 0 Å². The average Bonchev–Trinajstić information content (AvgIpc) is 2.67. The number of hydrogen-bond acceptors (Lipinski definition) is 2. The minimum Gasteiger partial charge on any atom is -0.356 e. The molecule has 0 saturated heterocycles. The van der Waals surface area contributed by atoms with Crippen molar-refractivity contribution >= 4 is 11.9 Å². The molecule has 5 heteroatoms. The molecule has 0 aliphatic heterocycles. The summed E-state index contributed by atoms with van der Waals surface area (Å²) in [6.07, 6.45) is 8.97. The van der Waals surface area contributed by atoms with Crippen LogP contribution in [0.2, 0.25) is 0 Å². The predicted octanol–water partition coefficient (Wildman–Crippen LogP) is 2.75. The fraction of sp³-hybridized carbons (Fsp3) is 0.500. The number of allylic oxidation sites excluding steroid dienone is 1. The van der Waals surface area contributed by atoms with Crippen LogP contribution in [0, 0.1) is 0 Å². The van der Waals surface area contributed by atoms with Crippen molar-refractivity contribution < 1.29 is 4.79 Å². The maximum Gasteiger partial charge on any atom is 0.222 e. The van der Waals surface area contributed by atoms with E-state index in [1.807, 2.05) is 30.3 Å². The molecule has 0 saturated carbocycles.